The van der Waals surface area contributed by atoms with Crippen LogP contribution in [0, 0.1) is 0 Å². The van der Waals surface area contributed by atoms with Crippen LogP contribution >= 0.6 is 11.3 Å². The number of rotatable bonds is 5. The fraction of sp³-hybridized carbons (Fsp3) is 0.214. The Morgan fingerprint density at radius 1 is 1.25 bits per heavy atom. The zero-order chi connectivity index (χ0) is 13.8. The molecule has 0 radical (unpaired) electrons. The van der Waals surface area contributed by atoms with Crippen molar-refractivity contribution in [3.63, 3.8) is 0 Å². The van der Waals surface area contributed by atoms with Gasteiger partial charge in [0.15, 0.2) is 0 Å². The largest absolute Gasteiger partial charge is 0.337 e. The first-order valence-electron chi connectivity index (χ1n) is 6.34. The maximum absolute atomic E-state index is 6.10. The van der Waals surface area contributed by atoms with Crippen LogP contribution in [-0.4, -0.2) is 15.1 Å². The fourth-order valence-corrected chi connectivity index (χ4v) is 2.43. The van der Waals surface area contributed by atoms with Crippen molar-refractivity contribution in [2.75, 3.05) is 0 Å². The number of benzene rings is 1. The number of nitrogens with zero attached hydrogens (tertiary/aromatic N) is 3. The average Bonchev–Trinajstić information content (AvgIpc) is 3.16. The van der Waals surface area contributed by atoms with Crippen molar-refractivity contribution in [1.82, 2.24) is 15.1 Å². The molecule has 0 saturated carbocycles. The highest BCUT2D eigenvalue weighted by molar-refractivity contribution is 7.07. The Morgan fingerprint density at radius 2 is 2.10 bits per heavy atom. The second-order valence-electron chi connectivity index (χ2n) is 4.46. The molecule has 0 aliphatic carbocycles. The van der Waals surface area contributed by atoms with E-state index in [2.05, 4.69) is 27.3 Å². The first-order chi connectivity index (χ1) is 9.83. The van der Waals surface area contributed by atoms with Crippen molar-refractivity contribution in [3.8, 4) is 11.5 Å². The molecule has 2 aromatic heterocycles. The van der Waals surface area contributed by atoms with Gasteiger partial charge in [-0.1, -0.05) is 35.5 Å². The Labute approximate surface area is 120 Å². The van der Waals surface area contributed by atoms with Gasteiger partial charge in [0.05, 0.1) is 11.6 Å². The minimum absolute atomic E-state index is 0.255. The molecule has 5 nitrogen and oxygen atoms in total. The highest BCUT2D eigenvalue weighted by Crippen LogP contribution is 2.20. The summed E-state index contributed by atoms with van der Waals surface area (Å²) >= 11 is 1.50. The van der Waals surface area contributed by atoms with Gasteiger partial charge in [-0.25, -0.2) is 4.98 Å². The molecule has 20 heavy (non-hydrogen) atoms. The fourth-order valence-electron chi connectivity index (χ4n) is 1.90. The molecule has 1 atom stereocenters. The number of aromatic nitrogens is 3. The van der Waals surface area contributed by atoms with Gasteiger partial charge in [0.1, 0.15) is 5.69 Å². The molecule has 0 aliphatic rings. The van der Waals surface area contributed by atoms with Crippen molar-refractivity contribution >= 4 is 11.3 Å². The van der Waals surface area contributed by atoms with E-state index in [1.807, 2.05) is 23.6 Å². The molecule has 6 heteroatoms. The van der Waals surface area contributed by atoms with Crippen molar-refractivity contribution in [2.24, 2.45) is 5.73 Å². The lowest BCUT2D eigenvalue weighted by Gasteiger charge is -2.06. The molecule has 0 fully saturated rings. The molecule has 1 aromatic carbocycles. The molecular formula is C14H14N4OS. The molecule has 102 valence electrons. The van der Waals surface area contributed by atoms with Crippen molar-refractivity contribution in [1.29, 1.82) is 0 Å². The number of nitrogens with two attached hydrogens (primary N) is 1. The Kier molecular flexibility index (Phi) is 3.85. The number of thiazole rings is 1. The molecular weight excluding hydrogens is 272 g/mol. The average molecular weight is 286 g/mol. The summed E-state index contributed by atoms with van der Waals surface area (Å²) in [5, 5.41) is 5.79. The topological polar surface area (TPSA) is 77.8 Å². The first-order valence-corrected chi connectivity index (χ1v) is 7.29. The van der Waals surface area contributed by atoms with Crippen LogP contribution < -0.4 is 5.73 Å². The van der Waals surface area contributed by atoms with E-state index in [1.165, 1.54) is 16.9 Å². The summed E-state index contributed by atoms with van der Waals surface area (Å²) in [4.78, 5) is 8.45. The highest BCUT2D eigenvalue weighted by Gasteiger charge is 2.16. The van der Waals surface area contributed by atoms with E-state index in [0.717, 1.165) is 18.5 Å². The van der Waals surface area contributed by atoms with Gasteiger partial charge in [-0.2, -0.15) is 4.98 Å². The standard InChI is InChI=1S/C14H14N4OS/c15-11(7-6-10-4-2-1-3-5-10)14-17-13(18-19-14)12-8-20-9-16-12/h1-5,8-9,11H,6-7,15H2/t11-/m0/s1. The lowest BCUT2D eigenvalue weighted by Crippen LogP contribution is -2.11. The normalized spacial score (nSPS) is 12.4. The smallest absolute Gasteiger partial charge is 0.243 e. The van der Waals surface area contributed by atoms with E-state index in [0.29, 0.717) is 11.7 Å². The van der Waals surface area contributed by atoms with Crippen molar-refractivity contribution in [2.45, 2.75) is 18.9 Å². The van der Waals surface area contributed by atoms with Crippen LogP contribution in [0.15, 0.2) is 45.7 Å². The number of hydrogen-bond acceptors (Lipinski definition) is 6. The van der Waals surface area contributed by atoms with Gasteiger partial charge < -0.3 is 10.3 Å². The lowest BCUT2D eigenvalue weighted by molar-refractivity contribution is 0.349. The van der Waals surface area contributed by atoms with Crippen LogP contribution in [0.5, 0.6) is 0 Å². The third kappa shape index (κ3) is 2.92. The summed E-state index contributed by atoms with van der Waals surface area (Å²) in [6.07, 6.45) is 1.65. The molecule has 0 bridgehead atoms. The zero-order valence-electron chi connectivity index (χ0n) is 10.8. The summed E-state index contributed by atoms with van der Waals surface area (Å²) in [7, 11) is 0. The van der Waals surface area contributed by atoms with Gasteiger partial charge in [-0.3, -0.25) is 0 Å². The Morgan fingerprint density at radius 3 is 2.85 bits per heavy atom. The van der Waals surface area contributed by atoms with Gasteiger partial charge >= 0.3 is 0 Å². The Bertz CT molecular complexity index is 651. The van der Waals surface area contributed by atoms with Gasteiger partial charge in [0.2, 0.25) is 11.7 Å². The van der Waals surface area contributed by atoms with E-state index < -0.39 is 0 Å². The van der Waals surface area contributed by atoms with Crippen LogP contribution in [0.3, 0.4) is 0 Å². The molecule has 0 saturated heterocycles. The van der Waals surface area contributed by atoms with Gasteiger partial charge in [0.25, 0.3) is 0 Å². The molecule has 2 heterocycles. The van der Waals surface area contributed by atoms with Gasteiger partial charge in [-0.15, -0.1) is 11.3 Å². The molecule has 0 spiro atoms. The lowest BCUT2D eigenvalue weighted by atomic mass is 10.1. The van der Waals surface area contributed by atoms with Gasteiger partial charge in [0, 0.05) is 5.38 Å². The summed E-state index contributed by atoms with van der Waals surface area (Å²) in [5.74, 6) is 0.959. The van der Waals surface area contributed by atoms with Crippen LogP contribution in [0.2, 0.25) is 0 Å². The summed E-state index contributed by atoms with van der Waals surface area (Å²) in [5.41, 5.74) is 9.81. The van der Waals surface area contributed by atoms with Crippen molar-refractivity contribution < 1.29 is 4.52 Å². The van der Waals surface area contributed by atoms with Crippen LogP contribution in [0.4, 0.5) is 0 Å². The maximum Gasteiger partial charge on any atom is 0.243 e. The maximum atomic E-state index is 6.10. The summed E-state index contributed by atoms with van der Waals surface area (Å²) < 4.78 is 5.22. The Hall–Kier alpha value is -2.05. The third-order valence-electron chi connectivity index (χ3n) is 3.01. The SMILES string of the molecule is N[C@@H](CCc1ccccc1)c1nc(-c2cscn2)no1. The van der Waals surface area contributed by atoms with E-state index in [1.54, 1.807) is 5.51 Å². The second kappa shape index (κ2) is 5.94. The van der Waals surface area contributed by atoms with Crippen LogP contribution in [-0.2, 0) is 6.42 Å². The molecule has 3 aromatic rings. The predicted octanol–water partition coefficient (Wildman–Crippen LogP) is 2.83. The van der Waals surface area contributed by atoms with E-state index in [4.69, 9.17) is 10.3 Å². The monoisotopic (exact) mass is 286 g/mol. The van der Waals surface area contributed by atoms with E-state index in [9.17, 15) is 0 Å². The number of aryl methyl sites for hydroxylation is 1. The predicted molar refractivity (Wildman–Crippen MR) is 77.1 cm³/mol. The molecule has 3 rings (SSSR count). The van der Waals surface area contributed by atoms with E-state index in [-0.39, 0.29) is 6.04 Å². The molecule has 0 aliphatic heterocycles. The molecule has 2 N–H and O–H groups in total. The van der Waals surface area contributed by atoms with Gasteiger partial charge in [-0.05, 0) is 18.4 Å². The zero-order valence-corrected chi connectivity index (χ0v) is 11.6. The number of hydrogen-bond donors (Lipinski definition) is 1. The minimum atomic E-state index is -0.255. The van der Waals surface area contributed by atoms with Crippen LogP contribution in [0.1, 0.15) is 23.9 Å². The summed E-state index contributed by atoms with van der Waals surface area (Å²) in [6, 6.07) is 9.96. The van der Waals surface area contributed by atoms with Crippen molar-refractivity contribution in [3.05, 3.63) is 52.7 Å². The first kappa shape index (κ1) is 13.0. The summed E-state index contributed by atoms with van der Waals surface area (Å²) in [6.45, 7) is 0. The molecule has 0 amide bonds. The van der Waals surface area contributed by atoms with Crippen LogP contribution in [0.25, 0.3) is 11.5 Å². The molecule has 0 unspecified atom stereocenters. The highest BCUT2D eigenvalue weighted by atomic mass is 32.1. The second-order valence-corrected chi connectivity index (χ2v) is 5.18. The third-order valence-corrected chi connectivity index (χ3v) is 3.59. The quantitative estimate of drug-likeness (QED) is 0.780. The Balaban J connectivity index is 1.64. The minimum Gasteiger partial charge on any atom is -0.337 e. The van der Waals surface area contributed by atoms with E-state index >= 15 is 0 Å².